The second-order valence-corrected chi connectivity index (χ2v) is 6.40. The van der Waals surface area contributed by atoms with Gasteiger partial charge in [0.05, 0.1) is 12.5 Å². The van der Waals surface area contributed by atoms with Crippen LogP contribution in [0.1, 0.15) is 45.1 Å². The predicted molar refractivity (Wildman–Crippen MR) is 85.6 cm³/mol. The van der Waals surface area contributed by atoms with E-state index < -0.39 is 0 Å². The summed E-state index contributed by atoms with van der Waals surface area (Å²) in [6.07, 6.45) is 4.41. The lowest BCUT2D eigenvalue weighted by molar-refractivity contribution is -0.125. The molecule has 0 unspecified atom stereocenters. The summed E-state index contributed by atoms with van der Waals surface area (Å²) in [5, 5.41) is 2.34. The average molecular weight is 303 g/mol. The molecule has 22 heavy (non-hydrogen) atoms. The molecule has 0 aromatic heterocycles. The summed E-state index contributed by atoms with van der Waals surface area (Å²) in [5.74, 6) is 1.06. The van der Waals surface area contributed by atoms with Crippen LogP contribution in [0.15, 0.2) is 24.3 Å². The molecule has 0 radical (unpaired) electrons. The van der Waals surface area contributed by atoms with Crippen molar-refractivity contribution in [1.82, 2.24) is 5.32 Å². The maximum Gasteiger partial charge on any atom is 0.230 e. The Morgan fingerprint density at radius 1 is 1.18 bits per heavy atom. The Bertz CT molecular complexity index is 508. The van der Waals surface area contributed by atoms with Gasteiger partial charge >= 0.3 is 0 Å². The molecule has 1 atom stereocenters. The molecule has 0 saturated carbocycles. The number of amides is 2. The van der Waals surface area contributed by atoms with Gasteiger partial charge in [-0.25, -0.2) is 0 Å². The second kappa shape index (κ2) is 7.97. The van der Waals surface area contributed by atoms with Gasteiger partial charge in [0.1, 0.15) is 5.75 Å². The van der Waals surface area contributed by atoms with Gasteiger partial charge in [-0.2, -0.15) is 0 Å². The van der Waals surface area contributed by atoms with Gasteiger partial charge in [0, 0.05) is 6.42 Å². The summed E-state index contributed by atoms with van der Waals surface area (Å²) >= 11 is 0. The molecule has 1 heterocycles. The van der Waals surface area contributed by atoms with Crippen molar-refractivity contribution in [2.75, 3.05) is 6.61 Å². The number of unbranched alkanes of at least 4 members (excludes halogenated alkanes) is 1. The van der Waals surface area contributed by atoms with Crippen LogP contribution in [0.25, 0.3) is 0 Å². The fourth-order valence-electron chi connectivity index (χ4n) is 2.62. The SMILES string of the molecule is CC(C)CCCCOc1ccc(C[C@H]2CC(=O)NC2=O)cc1. The van der Waals surface area contributed by atoms with Crippen LogP contribution >= 0.6 is 0 Å². The van der Waals surface area contributed by atoms with Gasteiger partial charge in [-0.1, -0.05) is 32.4 Å². The first-order valence-corrected chi connectivity index (χ1v) is 8.10. The minimum absolute atomic E-state index is 0.157. The van der Waals surface area contributed by atoms with E-state index in [1.54, 1.807) is 0 Å². The summed E-state index contributed by atoms with van der Waals surface area (Å²) in [5.41, 5.74) is 1.06. The van der Waals surface area contributed by atoms with Gasteiger partial charge in [-0.15, -0.1) is 0 Å². The zero-order valence-electron chi connectivity index (χ0n) is 13.4. The maximum atomic E-state index is 11.6. The van der Waals surface area contributed by atoms with Crippen molar-refractivity contribution in [3.05, 3.63) is 29.8 Å². The van der Waals surface area contributed by atoms with Gasteiger partial charge in [0.15, 0.2) is 0 Å². The number of imide groups is 1. The monoisotopic (exact) mass is 303 g/mol. The minimum Gasteiger partial charge on any atom is -0.494 e. The predicted octanol–water partition coefficient (Wildman–Crippen LogP) is 3.10. The third-order valence-electron chi connectivity index (χ3n) is 3.92. The Morgan fingerprint density at radius 2 is 1.91 bits per heavy atom. The van der Waals surface area contributed by atoms with Gasteiger partial charge in [-0.3, -0.25) is 14.9 Å². The average Bonchev–Trinajstić information content (AvgIpc) is 2.78. The fraction of sp³-hybridized carbons (Fsp3) is 0.556. The van der Waals surface area contributed by atoms with E-state index in [0.717, 1.165) is 30.3 Å². The number of hydrogen-bond donors (Lipinski definition) is 1. The Hall–Kier alpha value is -1.84. The lowest BCUT2D eigenvalue weighted by Gasteiger charge is -2.09. The van der Waals surface area contributed by atoms with Gasteiger partial charge < -0.3 is 4.74 Å². The first kappa shape index (κ1) is 16.5. The molecule has 0 aliphatic carbocycles. The van der Waals surface area contributed by atoms with E-state index in [1.807, 2.05) is 24.3 Å². The van der Waals surface area contributed by atoms with Crippen LogP contribution in [0.5, 0.6) is 5.75 Å². The van der Waals surface area contributed by atoms with Gasteiger partial charge in [-0.05, 0) is 42.9 Å². The first-order valence-electron chi connectivity index (χ1n) is 8.10. The normalized spacial score (nSPS) is 17.9. The highest BCUT2D eigenvalue weighted by Gasteiger charge is 2.30. The molecule has 0 bridgehead atoms. The maximum absolute atomic E-state index is 11.6. The van der Waals surface area contributed by atoms with Crippen molar-refractivity contribution in [1.29, 1.82) is 0 Å². The first-order chi connectivity index (χ1) is 10.5. The molecule has 4 nitrogen and oxygen atoms in total. The van der Waals surface area contributed by atoms with Crippen LogP contribution in [-0.4, -0.2) is 18.4 Å². The van der Waals surface area contributed by atoms with Crippen molar-refractivity contribution in [2.24, 2.45) is 11.8 Å². The highest BCUT2D eigenvalue weighted by Crippen LogP contribution is 2.20. The smallest absolute Gasteiger partial charge is 0.230 e. The van der Waals surface area contributed by atoms with Crippen LogP contribution in [-0.2, 0) is 16.0 Å². The highest BCUT2D eigenvalue weighted by molar-refractivity contribution is 6.03. The zero-order chi connectivity index (χ0) is 15.9. The molecule has 1 fully saturated rings. The second-order valence-electron chi connectivity index (χ2n) is 6.40. The third-order valence-corrected chi connectivity index (χ3v) is 3.92. The number of benzene rings is 1. The van der Waals surface area contributed by atoms with Gasteiger partial charge in [0.2, 0.25) is 11.8 Å². The summed E-state index contributed by atoms with van der Waals surface area (Å²) in [4.78, 5) is 22.7. The molecule has 1 N–H and O–H groups in total. The van der Waals surface area contributed by atoms with E-state index in [-0.39, 0.29) is 17.7 Å². The number of nitrogens with one attached hydrogen (secondary N) is 1. The molecular formula is C18H25NO3. The standard InChI is InChI=1S/C18H25NO3/c1-13(2)5-3-4-10-22-16-8-6-14(7-9-16)11-15-12-17(20)19-18(15)21/h6-9,13,15H,3-5,10-12H2,1-2H3,(H,19,20,21)/t15-/m0/s1. The van der Waals surface area contributed by atoms with E-state index in [1.165, 1.54) is 12.8 Å². The van der Waals surface area contributed by atoms with Crippen molar-refractivity contribution in [3.63, 3.8) is 0 Å². The number of rotatable bonds is 8. The Morgan fingerprint density at radius 3 is 2.50 bits per heavy atom. The van der Waals surface area contributed by atoms with Crippen LogP contribution in [0.2, 0.25) is 0 Å². The van der Waals surface area contributed by atoms with Crippen LogP contribution in [0.4, 0.5) is 0 Å². The highest BCUT2D eigenvalue weighted by atomic mass is 16.5. The van der Waals surface area contributed by atoms with E-state index in [0.29, 0.717) is 12.8 Å². The number of carbonyl (C=O) groups excluding carboxylic acids is 2. The molecule has 4 heteroatoms. The third kappa shape index (κ3) is 5.17. The molecule has 1 aliphatic heterocycles. The van der Waals surface area contributed by atoms with E-state index in [9.17, 15) is 9.59 Å². The summed E-state index contributed by atoms with van der Waals surface area (Å²) in [6.45, 7) is 5.21. The largest absolute Gasteiger partial charge is 0.494 e. The van der Waals surface area contributed by atoms with Crippen LogP contribution in [0.3, 0.4) is 0 Å². The minimum atomic E-state index is -0.227. The Kier molecular flexibility index (Phi) is 5.99. The number of hydrogen-bond acceptors (Lipinski definition) is 3. The topological polar surface area (TPSA) is 55.4 Å². The molecule has 1 aromatic rings. The lowest BCUT2D eigenvalue weighted by atomic mass is 9.98. The van der Waals surface area contributed by atoms with Crippen molar-refractivity contribution >= 4 is 11.8 Å². The quantitative estimate of drug-likeness (QED) is 0.593. The zero-order valence-corrected chi connectivity index (χ0v) is 13.4. The molecule has 1 saturated heterocycles. The van der Waals surface area contributed by atoms with Gasteiger partial charge in [0.25, 0.3) is 0 Å². The van der Waals surface area contributed by atoms with Crippen LogP contribution < -0.4 is 10.1 Å². The number of carbonyl (C=O) groups is 2. The molecule has 120 valence electrons. The Balaban J connectivity index is 1.73. The number of ether oxygens (including phenoxy) is 1. The lowest BCUT2D eigenvalue weighted by Crippen LogP contribution is -2.22. The molecule has 2 rings (SSSR count). The van der Waals surface area contributed by atoms with Crippen molar-refractivity contribution < 1.29 is 14.3 Å². The summed E-state index contributed by atoms with van der Waals surface area (Å²) < 4.78 is 5.72. The van der Waals surface area contributed by atoms with Crippen molar-refractivity contribution in [3.8, 4) is 5.75 Å². The molecule has 0 spiro atoms. The molecule has 1 aromatic carbocycles. The fourth-order valence-corrected chi connectivity index (χ4v) is 2.62. The molecular weight excluding hydrogens is 278 g/mol. The summed E-state index contributed by atoms with van der Waals surface area (Å²) in [6, 6.07) is 7.82. The summed E-state index contributed by atoms with van der Waals surface area (Å²) in [7, 11) is 0. The van der Waals surface area contributed by atoms with Crippen LogP contribution in [0, 0.1) is 11.8 Å². The van der Waals surface area contributed by atoms with E-state index in [2.05, 4.69) is 19.2 Å². The van der Waals surface area contributed by atoms with E-state index >= 15 is 0 Å². The molecule has 2 amide bonds. The van der Waals surface area contributed by atoms with E-state index in [4.69, 9.17) is 4.74 Å². The van der Waals surface area contributed by atoms with Crippen molar-refractivity contribution in [2.45, 2.75) is 46.0 Å². The Labute approximate surface area is 132 Å². The molecule has 1 aliphatic rings.